The average molecular weight is 259 g/mol. The summed E-state index contributed by atoms with van der Waals surface area (Å²) in [6.07, 6.45) is 2.12. The van der Waals surface area contributed by atoms with E-state index in [1.165, 1.54) is 0 Å². The Bertz CT molecular complexity index is 324. The van der Waals surface area contributed by atoms with Crippen LogP contribution < -0.4 is 5.73 Å². The first-order chi connectivity index (χ1) is 7.56. The molecule has 90 valence electrons. The molecule has 1 aromatic carbocycles. The minimum atomic E-state index is 0.519. The van der Waals surface area contributed by atoms with Crippen LogP contribution in [0, 0.1) is 0 Å². The van der Waals surface area contributed by atoms with E-state index in [0.717, 1.165) is 28.6 Å². The van der Waals surface area contributed by atoms with E-state index in [1.807, 2.05) is 30.0 Å². The first-order valence-electron chi connectivity index (χ1n) is 5.28. The quantitative estimate of drug-likeness (QED) is 0.823. The first-order valence-corrected chi connectivity index (χ1v) is 7.05. The lowest BCUT2D eigenvalue weighted by atomic mass is 10.1. The van der Waals surface area contributed by atoms with E-state index in [4.69, 9.17) is 17.3 Å². The van der Waals surface area contributed by atoms with E-state index in [1.54, 1.807) is 0 Å². The van der Waals surface area contributed by atoms with E-state index in [9.17, 15) is 0 Å². The van der Waals surface area contributed by atoms with Crippen molar-refractivity contribution in [2.45, 2.75) is 19.5 Å². The van der Waals surface area contributed by atoms with Gasteiger partial charge in [0.05, 0.1) is 0 Å². The van der Waals surface area contributed by atoms with Crippen molar-refractivity contribution in [2.24, 2.45) is 0 Å². The molecule has 0 heterocycles. The van der Waals surface area contributed by atoms with Crippen molar-refractivity contribution in [1.29, 1.82) is 0 Å². The lowest BCUT2D eigenvalue weighted by Gasteiger charge is -2.25. The Morgan fingerprint density at radius 3 is 2.75 bits per heavy atom. The van der Waals surface area contributed by atoms with Gasteiger partial charge in [0.15, 0.2) is 0 Å². The second kappa shape index (κ2) is 6.38. The molecule has 1 atom stereocenters. The largest absolute Gasteiger partial charge is 0.398 e. The molecule has 0 aliphatic carbocycles. The molecule has 1 rings (SSSR count). The summed E-state index contributed by atoms with van der Waals surface area (Å²) >= 11 is 7.99. The van der Waals surface area contributed by atoms with Crippen molar-refractivity contribution >= 4 is 29.1 Å². The summed E-state index contributed by atoms with van der Waals surface area (Å²) in [5.41, 5.74) is 7.73. The van der Waals surface area contributed by atoms with Gasteiger partial charge in [-0.05, 0) is 32.4 Å². The van der Waals surface area contributed by atoms with E-state index < -0.39 is 0 Å². The number of hydrogen-bond donors (Lipinski definition) is 1. The van der Waals surface area contributed by atoms with Crippen LogP contribution >= 0.6 is 23.4 Å². The fourth-order valence-electron chi connectivity index (χ4n) is 1.52. The van der Waals surface area contributed by atoms with Crippen LogP contribution in [0.4, 0.5) is 5.69 Å². The van der Waals surface area contributed by atoms with Gasteiger partial charge in [0.2, 0.25) is 0 Å². The number of halogens is 1. The molecule has 1 unspecified atom stereocenters. The average Bonchev–Trinajstić information content (AvgIpc) is 2.23. The van der Waals surface area contributed by atoms with Gasteiger partial charge in [0.25, 0.3) is 0 Å². The van der Waals surface area contributed by atoms with Crippen molar-refractivity contribution in [1.82, 2.24) is 4.90 Å². The molecular formula is C12H19ClN2S. The molecule has 16 heavy (non-hydrogen) atoms. The zero-order valence-electron chi connectivity index (χ0n) is 10.0. The number of rotatable bonds is 5. The maximum absolute atomic E-state index is 6.14. The minimum absolute atomic E-state index is 0.519. The van der Waals surface area contributed by atoms with Gasteiger partial charge >= 0.3 is 0 Å². The van der Waals surface area contributed by atoms with Gasteiger partial charge in [0.1, 0.15) is 0 Å². The third kappa shape index (κ3) is 3.58. The number of benzene rings is 1. The standard InChI is InChI=1S/C12H19ClN2S/c1-9(8-16-3)15(2)7-10-11(13)5-4-6-12(10)14/h4-6,9H,7-8,14H2,1-3H3. The Balaban J connectivity index is 2.72. The smallest absolute Gasteiger partial charge is 0.0471 e. The number of nitrogen functional groups attached to an aromatic ring is 1. The Morgan fingerprint density at radius 2 is 2.19 bits per heavy atom. The highest BCUT2D eigenvalue weighted by Gasteiger charge is 2.12. The fourth-order valence-corrected chi connectivity index (χ4v) is 2.49. The highest BCUT2D eigenvalue weighted by atomic mass is 35.5. The maximum atomic E-state index is 6.14. The number of anilines is 1. The zero-order valence-corrected chi connectivity index (χ0v) is 11.6. The Labute approximate surface area is 107 Å². The second-order valence-corrected chi connectivity index (χ2v) is 5.34. The molecule has 0 saturated carbocycles. The van der Waals surface area contributed by atoms with Crippen molar-refractivity contribution in [3.8, 4) is 0 Å². The molecule has 0 amide bonds. The minimum Gasteiger partial charge on any atom is -0.398 e. The topological polar surface area (TPSA) is 29.3 Å². The predicted octanol–water partition coefficient (Wildman–Crippen LogP) is 3.11. The Kier molecular flexibility index (Phi) is 5.46. The van der Waals surface area contributed by atoms with Crippen LogP contribution in [0.25, 0.3) is 0 Å². The van der Waals surface area contributed by atoms with Crippen molar-refractivity contribution in [2.75, 3.05) is 24.8 Å². The SMILES string of the molecule is CSCC(C)N(C)Cc1c(N)cccc1Cl. The molecule has 0 radical (unpaired) electrons. The van der Waals surface area contributed by atoms with Crippen LogP contribution in [0.3, 0.4) is 0 Å². The highest BCUT2D eigenvalue weighted by Crippen LogP contribution is 2.24. The van der Waals surface area contributed by atoms with Gasteiger partial charge < -0.3 is 5.73 Å². The molecule has 0 aliphatic rings. The van der Waals surface area contributed by atoms with Crippen LogP contribution in [0.1, 0.15) is 12.5 Å². The monoisotopic (exact) mass is 258 g/mol. The summed E-state index contributed by atoms with van der Waals surface area (Å²) < 4.78 is 0. The summed E-state index contributed by atoms with van der Waals surface area (Å²) in [5.74, 6) is 1.11. The van der Waals surface area contributed by atoms with E-state index in [-0.39, 0.29) is 0 Å². The highest BCUT2D eigenvalue weighted by molar-refractivity contribution is 7.98. The van der Waals surface area contributed by atoms with E-state index >= 15 is 0 Å². The van der Waals surface area contributed by atoms with Crippen LogP contribution in [0.15, 0.2) is 18.2 Å². The summed E-state index contributed by atoms with van der Waals surface area (Å²) in [5, 5.41) is 0.753. The van der Waals surface area contributed by atoms with Gasteiger partial charge in [-0.25, -0.2) is 0 Å². The van der Waals surface area contributed by atoms with Gasteiger partial charge in [-0.15, -0.1) is 0 Å². The zero-order chi connectivity index (χ0) is 12.1. The predicted molar refractivity (Wildman–Crippen MR) is 75.2 cm³/mol. The normalized spacial score (nSPS) is 13.1. The molecule has 0 aliphatic heterocycles. The van der Waals surface area contributed by atoms with Crippen molar-refractivity contribution in [3.63, 3.8) is 0 Å². The Hall–Kier alpha value is -0.380. The third-order valence-electron chi connectivity index (χ3n) is 2.72. The third-order valence-corrected chi connectivity index (χ3v) is 3.89. The number of nitrogens with two attached hydrogens (primary N) is 1. The lowest BCUT2D eigenvalue weighted by Crippen LogP contribution is -2.30. The van der Waals surface area contributed by atoms with Crippen molar-refractivity contribution < 1.29 is 0 Å². The second-order valence-electron chi connectivity index (χ2n) is 4.03. The Morgan fingerprint density at radius 1 is 1.50 bits per heavy atom. The maximum Gasteiger partial charge on any atom is 0.0471 e. The van der Waals surface area contributed by atoms with Crippen LogP contribution in [0.2, 0.25) is 5.02 Å². The molecule has 0 fully saturated rings. The molecule has 0 aromatic heterocycles. The number of thioether (sulfide) groups is 1. The van der Waals surface area contributed by atoms with E-state index in [2.05, 4.69) is 25.1 Å². The van der Waals surface area contributed by atoms with Gasteiger partial charge in [-0.2, -0.15) is 11.8 Å². The molecule has 0 spiro atoms. The molecular weight excluding hydrogens is 240 g/mol. The summed E-state index contributed by atoms with van der Waals surface area (Å²) in [4.78, 5) is 2.27. The van der Waals surface area contributed by atoms with Crippen molar-refractivity contribution in [3.05, 3.63) is 28.8 Å². The van der Waals surface area contributed by atoms with Gasteiger partial charge in [-0.1, -0.05) is 17.7 Å². The summed E-state index contributed by atoms with van der Waals surface area (Å²) in [7, 11) is 2.10. The molecule has 4 heteroatoms. The number of hydrogen-bond acceptors (Lipinski definition) is 3. The summed E-state index contributed by atoms with van der Waals surface area (Å²) in [6.45, 7) is 3.01. The molecule has 0 saturated heterocycles. The van der Waals surface area contributed by atoms with Crippen LogP contribution in [-0.4, -0.2) is 30.0 Å². The fraction of sp³-hybridized carbons (Fsp3) is 0.500. The molecule has 0 bridgehead atoms. The molecule has 2 N–H and O–H groups in total. The van der Waals surface area contributed by atoms with Crippen LogP contribution in [-0.2, 0) is 6.54 Å². The lowest BCUT2D eigenvalue weighted by molar-refractivity contribution is 0.270. The van der Waals surface area contributed by atoms with E-state index in [0.29, 0.717) is 6.04 Å². The van der Waals surface area contributed by atoms with Gasteiger partial charge in [-0.3, -0.25) is 4.90 Å². The van der Waals surface area contributed by atoms with Crippen LogP contribution in [0.5, 0.6) is 0 Å². The summed E-state index contributed by atoms with van der Waals surface area (Å²) in [6, 6.07) is 6.19. The molecule has 2 nitrogen and oxygen atoms in total. The van der Waals surface area contributed by atoms with Gasteiger partial charge in [0, 0.05) is 34.6 Å². The first kappa shape index (κ1) is 13.7. The molecule has 1 aromatic rings. The number of nitrogens with zero attached hydrogens (tertiary/aromatic N) is 1.